The molecule has 6 nitrogen and oxygen atoms in total. The quantitative estimate of drug-likeness (QED) is 0.619. The summed E-state index contributed by atoms with van der Waals surface area (Å²) in [5, 5.41) is 11.7. The largest absolute Gasteiger partial charge is 0.368 e. The van der Waals surface area contributed by atoms with Gasteiger partial charge in [0.05, 0.1) is 11.4 Å². The second-order valence-electron chi connectivity index (χ2n) is 7.37. The standard InChI is InChI=1S/C21H18ClF2N5O/c22-14-7-12(6-13(8-14)20(25)30)17-3-4-18(29-28-17)27-11-21(9-15(23)10-21)19-16(24)2-1-5-26-19/h1-8,15H,9-11H2,(H2,25,30)(H,27,29)/t15-,21-. The zero-order valence-corrected chi connectivity index (χ0v) is 16.5. The first kappa shape index (κ1) is 20.2. The number of rotatable bonds is 6. The Bertz CT molecular complexity index is 1090. The monoisotopic (exact) mass is 429 g/mol. The van der Waals surface area contributed by atoms with Crippen LogP contribution in [0, 0.1) is 5.82 Å². The summed E-state index contributed by atoms with van der Waals surface area (Å²) in [5.74, 6) is -0.587. The molecule has 0 atom stereocenters. The van der Waals surface area contributed by atoms with E-state index in [0.717, 1.165) is 0 Å². The molecule has 1 saturated carbocycles. The second kappa shape index (κ2) is 7.95. The third-order valence-corrected chi connectivity index (χ3v) is 5.45. The van der Waals surface area contributed by atoms with E-state index in [1.54, 1.807) is 24.3 Å². The van der Waals surface area contributed by atoms with Crippen LogP contribution in [0.25, 0.3) is 11.3 Å². The van der Waals surface area contributed by atoms with Gasteiger partial charge in [0, 0.05) is 34.3 Å². The van der Waals surface area contributed by atoms with E-state index in [9.17, 15) is 13.6 Å². The highest BCUT2D eigenvalue weighted by atomic mass is 35.5. The molecular weight excluding hydrogens is 412 g/mol. The minimum atomic E-state index is -0.982. The van der Waals surface area contributed by atoms with Gasteiger partial charge in [0.2, 0.25) is 5.91 Å². The minimum absolute atomic E-state index is 0.192. The maximum atomic E-state index is 14.2. The topological polar surface area (TPSA) is 93.8 Å². The van der Waals surface area contributed by atoms with Crippen LogP contribution in [-0.2, 0) is 5.41 Å². The van der Waals surface area contributed by atoms with E-state index in [-0.39, 0.29) is 30.6 Å². The fourth-order valence-electron chi connectivity index (χ4n) is 3.71. The smallest absolute Gasteiger partial charge is 0.248 e. The third kappa shape index (κ3) is 3.95. The third-order valence-electron chi connectivity index (χ3n) is 5.24. The lowest BCUT2D eigenvalue weighted by Gasteiger charge is -2.44. The van der Waals surface area contributed by atoms with Gasteiger partial charge in [0.25, 0.3) is 0 Å². The molecule has 0 bridgehead atoms. The summed E-state index contributed by atoms with van der Waals surface area (Å²) in [6, 6.07) is 11.0. The van der Waals surface area contributed by atoms with E-state index >= 15 is 0 Å². The predicted molar refractivity (Wildman–Crippen MR) is 109 cm³/mol. The zero-order chi connectivity index (χ0) is 21.3. The lowest BCUT2D eigenvalue weighted by molar-refractivity contribution is 0.0963. The van der Waals surface area contributed by atoms with E-state index in [2.05, 4.69) is 20.5 Å². The molecule has 1 aromatic carbocycles. The number of primary amides is 1. The molecule has 154 valence electrons. The number of halogens is 3. The highest BCUT2D eigenvalue weighted by Crippen LogP contribution is 2.45. The summed E-state index contributed by atoms with van der Waals surface area (Å²) in [6.07, 6.45) is 0.908. The molecule has 4 rings (SSSR count). The van der Waals surface area contributed by atoms with Crippen molar-refractivity contribution in [1.29, 1.82) is 0 Å². The molecule has 3 aromatic rings. The van der Waals surface area contributed by atoms with Crippen LogP contribution in [0.15, 0.2) is 48.7 Å². The Kier molecular flexibility index (Phi) is 5.34. The molecule has 0 aliphatic heterocycles. The van der Waals surface area contributed by atoms with E-state index < -0.39 is 23.3 Å². The minimum Gasteiger partial charge on any atom is -0.368 e. The number of nitrogens with zero attached hydrogens (tertiary/aromatic N) is 3. The number of alkyl halides is 1. The highest BCUT2D eigenvalue weighted by Gasteiger charge is 2.48. The first-order valence-electron chi connectivity index (χ1n) is 9.30. The molecule has 1 amide bonds. The summed E-state index contributed by atoms with van der Waals surface area (Å²) >= 11 is 6.04. The highest BCUT2D eigenvalue weighted by molar-refractivity contribution is 6.31. The summed E-state index contributed by atoms with van der Waals surface area (Å²) in [7, 11) is 0. The number of pyridine rings is 1. The van der Waals surface area contributed by atoms with E-state index in [1.165, 1.54) is 24.4 Å². The molecule has 0 unspecified atom stereocenters. The van der Waals surface area contributed by atoms with Crippen LogP contribution in [-0.4, -0.2) is 33.8 Å². The molecule has 3 N–H and O–H groups in total. The van der Waals surface area contributed by atoms with E-state index in [1.807, 2.05) is 0 Å². The number of aromatic nitrogens is 3. The second-order valence-corrected chi connectivity index (χ2v) is 7.81. The maximum Gasteiger partial charge on any atom is 0.248 e. The first-order chi connectivity index (χ1) is 14.4. The van der Waals surface area contributed by atoms with Crippen LogP contribution >= 0.6 is 11.6 Å². The molecule has 0 saturated heterocycles. The molecule has 30 heavy (non-hydrogen) atoms. The van der Waals surface area contributed by atoms with Crippen LogP contribution in [0.2, 0.25) is 5.02 Å². The summed E-state index contributed by atoms with van der Waals surface area (Å²) in [6.45, 7) is 0.276. The summed E-state index contributed by atoms with van der Waals surface area (Å²) < 4.78 is 27.9. The fraction of sp³-hybridized carbons (Fsp3) is 0.238. The predicted octanol–water partition coefficient (Wildman–Crippen LogP) is 3.91. The molecule has 1 aliphatic rings. The Hall–Kier alpha value is -3.13. The Morgan fingerprint density at radius 3 is 2.67 bits per heavy atom. The number of carbonyl (C=O) groups excluding carboxylic acids is 1. The molecule has 1 aliphatic carbocycles. The lowest BCUT2D eigenvalue weighted by Crippen LogP contribution is -2.49. The first-order valence-corrected chi connectivity index (χ1v) is 9.67. The Morgan fingerprint density at radius 2 is 2.03 bits per heavy atom. The van der Waals surface area contributed by atoms with Crippen molar-refractivity contribution in [3.8, 4) is 11.3 Å². The van der Waals surface area contributed by atoms with Crippen LogP contribution in [0.4, 0.5) is 14.6 Å². The zero-order valence-electron chi connectivity index (χ0n) is 15.8. The summed E-state index contributed by atoms with van der Waals surface area (Å²) in [4.78, 5) is 15.6. The SMILES string of the molecule is NC(=O)c1cc(Cl)cc(-c2ccc(NC[C@]3(c4ncccc4F)C[C@H](F)C3)nn2)c1. The Labute approximate surface area is 176 Å². The average molecular weight is 430 g/mol. The van der Waals surface area contributed by atoms with Crippen LogP contribution in [0.3, 0.4) is 0 Å². The number of amides is 1. The van der Waals surface area contributed by atoms with Crippen molar-refractivity contribution in [3.05, 3.63) is 70.8 Å². The molecule has 0 spiro atoms. The Morgan fingerprint density at radius 1 is 1.23 bits per heavy atom. The normalized spacial score (nSPS) is 20.4. The number of nitrogens with two attached hydrogens (primary N) is 1. The van der Waals surface area contributed by atoms with Gasteiger partial charge in [-0.25, -0.2) is 8.78 Å². The van der Waals surface area contributed by atoms with Crippen molar-refractivity contribution < 1.29 is 13.6 Å². The van der Waals surface area contributed by atoms with Crippen molar-refractivity contribution in [2.24, 2.45) is 5.73 Å². The van der Waals surface area contributed by atoms with Crippen LogP contribution in [0.1, 0.15) is 28.9 Å². The molecule has 0 radical (unpaired) electrons. The van der Waals surface area contributed by atoms with Crippen molar-refractivity contribution in [1.82, 2.24) is 15.2 Å². The molecule has 1 fully saturated rings. The van der Waals surface area contributed by atoms with E-state index in [4.69, 9.17) is 17.3 Å². The number of hydrogen-bond donors (Lipinski definition) is 2. The van der Waals surface area contributed by atoms with Gasteiger partial charge < -0.3 is 11.1 Å². The molecule has 2 aromatic heterocycles. The molecular formula is C21H18ClF2N5O. The van der Waals surface area contributed by atoms with Gasteiger partial charge in [-0.1, -0.05) is 11.6 Å². The maximum absolute atomic E-state index is 14.2. The van der Waals surface area contributed by atoms with Gasteiger partial charge in [-0.15, -0.1) is 10.2 Å². The van der Waals surface area contributed by atoms with Crippen LogP contribution < -0.4 is 11.1 Å². The molecule has 2 heterocycles. The van der Waals surface area contributed by atoms with Crippen molar-refractivity contribution in [2.45, 2.75) is 24.4 Å². The number of anilines is 1. The number of carbonyl (C=O) groups is 1. The lowest BCUT2D eigenvalue weighted by atomic mass is 9.65. The van der Waals surface area contributed by atoms with Crippen molar-refractivity contribution in [3.63, 3.8) is 0 Å². The average Bonchev–Trinajstić information content (AvgIpc) is 2.70. The van der Waals surface area contributed by atoms with Crippen LogP contribution in [0.5, 0.6) is 0 Å². The molecule has 9 heteroatoms. The van der Waals surface area contributed by atoms with Gasteiger partial charge >= 0.3 is 0 Å². The van der Waals surface area contributed by atoms with Gasteiger partial charge in [-0.2, -0.15) is 0 Å². The fourth-order valence-corrected chi connectivity index (χ4v) is 3.94. The van der Waals surface area contributed by atoms with Gasteiger partial charge in [-0.05, 0) is 55.3 Å². The van der Waals surface area contributed by atoms with Crippen molar-refractivity contribution >= 4 is 23.3 Å². The van der Waals surface area contributed by atoms with Gasteiger partial charge in [-0.3, -0.25) is 9.78 Å². The number of benzene rings is 1. The van der Waals surface area contributed by atoms with Gasteiger partial charge in [0.1, 0.15) is 17.8 Å². The van der Waals surface area contributed by atoms with E-state index in [0.29, 0.717) is 22.1 Å². The van der Waals surface area contributed by atoms with Gasteiger partial charge in [0.15, 0.2) is 0 Å². The Balaban J connectivity index is 1.51. The number of hydrogen-bond acceptors (Lipinski definition) is 5. The van der Waals surface area contributed by atoms with Crippen molar-refractivity contribution in [2.75, 3.05) is 11.9 Å². The number of nitrogens with one attached hydrogen (secondary N) is 1. The summed E-state index contributed by atoms with van der Waals surface area (Å²) in [5.41, 5.74) is 6.22.